The molecule has 0 saturated heterocycles. The fourth-order valence-electron chi connectivity index (χ4n) is 1.27. The van der Waals surface area contributed by atoms with Crippen LogP contribution in [0.25, 0.3) is 0 Å². The van der Waals surface area contributed by atoms with Gasteiger partial charge in [-0.25, -0.2) is 4.98 Å². The summed E-state index contributed by atoms with van der Waals surface area (Å²) in [6, 6.07) is 1.83. The Morgan fingerprint density at radius 3 is 2.88 bits per heavy atom. The Morgan fingerprint density at radius 1 is 1.47 bits per heavy atom. The van der Waals surface area contributed by atoms with E-state index in [4.69, 9.17) is 10.5 Å². The van der Waals surface area contributed by atoms with Gasteiger partial charge in [0.15, 0.2) is 0 Å². The van der Waals surface area contributed by atoms with E-state index in [9.17, 15) is 0 Å². The maximum Gasteiger partial charge on any atom is 0.149 e. The SMILES string of the molecule is CC(C)CCOCCNc1ncc(Br)cc1N. The standard InChI is InChI=1S/C12H20BrN3O/c1-9(2)3-5-17-6-4-15-12-11(14)7-10(13)8-16-12/h7-9H,3-6,14H2,1-2H3,(H,15,16). The molecule has 1 heterocycles. The minimum absolute atomic E-state index is 0.640. The first-order chi connectivity index (χ1) is 8.09. The Balaban J connectivity index is 2.18. The Hall–Kier alpha value is -0.810. The van der Waals surface area contributed by atoms with Gasteiger partial charge < -0.3 is 15.8 Å². The number of hydrogen-bond acceptors (Lipinski definition) is 4. The van der Waals surface area contributed by atoms with Gasteiger partial charge in [-0.1, -0.05) is 13.8 Å². The molecule has 0 aliphatic heterocycles. The van der Waals surface area contributed by atoms with Gasteiger partial charge in [-0.2, -0.15) is 0 Å². The van der Waals surface area contributed by atoms with Crippen LogP contribution >= 0.6 is 15.9 Å². The lowest BCUT2D eigenvalue weighted by molar-refractivity contribution is 0.132. The summed E-state index contributed by atoms with van der Waals surface area (Å²) in [5, 5.41) is 3.15. The van der Waals surface area contributed by atoms with Crippen LogP contribution in [-0.4, -0.2) is 24.7 Å². The van der Waals surface area contributed by atoms with Crippen LogP contribution in [0.3, 0.4) is 0 Å². The molecule has 0 aliphatic rings. The smallest absolute Gasteiger partial charge is 0.149 e. The van der Waals surface area contributed by atoms with Gasteiger partial charge in [0.1, 0.15) is 5.82 Å². The number of aromatic nitrogens is 1. The molecule has 1 aromatic rings. The molecule has 0 aliphatic carbocycles. The zero-order chi connectivity index (χ0) is 12.7. The second-order valence-electron chi connectivity index (χ2n) is 4.31. The Labute approximate surface area is 111 Å². The molecule has 3 N–H and O–H groups in total. The highest BCUT2D eigenvalue weighted by Crippen LogP contribution is 2.19. The molecule has 0 saturated carbocycles. The van der Waals surface area contributed by atoms with Gasteiger partial charge in [-0.05, 0) is 34.3 Å². The highest BCUT2D eigenvalue weighted by atomic mass is 79.9. The molecule has 0 radical (unpaired) electrons. The van der Waals surface area contributed by atoms with Crippen molar-refractivity contribution >= 4 is 27.4 Å². The van der Waals surface area contributed by atoms with Crippen LogP contribution in [0.15, 0.2) is 16.7 Å². The molecule has 5 heteroatoms. The molecular formula is C12H20BrN3O. The van der Waals surface area contributed by atoms with Crippen LogP contribution < -0.4 is 11.1 Å². The van der Waals surface area contributed by atoms with E-state index in [0.717, 1.165) is 24.0 Å². The monoisotopic (exact) mass is 301 g/mol. The summed E-state index contributed by atoms with van der Waals surface area (Å²) < 4.78 is 6.37. The van der Waals surface area contributed by atoms with Crippen molar-refractivity contribution in [2.75, 3.05) is 30.8 Å². The second kappa shape index (κ2) is 7.50. The fraction of sp³-hybridized carbons (Fsp3) is 0.583. The Bertz CT molecular complexity index is 345. The van der Waals surface area contributed by atoms with E-state index in [0.29, 0.717) is 24.0 Å². The van der Waals surface area contributed by atoms with Gasteiger partial charge in [-0.3, -0.25) is 0 Å². The number of halogens is 1. The van der Waals surface area contributed by atoms with Crippen molar-refractivity contribution in [1.82, 2.24) is 4.98 Å². The Morgan fingerprint density at radius 2 is 2.24 bits per heavy atom. The van der Waals surface area contributed by atoms with Crippen LogP contribution in [0, 0.1) is 5.92 Å². The molecule has 1 rings (SSSR count). The lowest BCUT2D eigenvalue weighted by atomic mass is 10.1. The number of rotatable bonds is 7. The zero-order valence-corrected chi connectivity index (χ0v) is 12.0. The predicted molar refractivity (Wildman–Crippen MR) is 75.1 cm³/mol. The van der Waals surface area contributed by atoms with E-state index in [2.05, 4.69) is 40.1 Å². The van der Waals surface area contributed by atoms with E-state index < -0.39 is 0 Å². The first-order valence-corrected chi connectivity index (χ1v) is 6.61. The molecule has 0 unspecified atom stereocenters. The lowest BCUT2D eigenvalue weighted by Gasteiger charge is -2.09. The van der Waals surface area contributed by atoms with Crippen LogP contribution in [0.4, 0.5) is 11.5 Å². The summed E-state index contributed by atoms with van der Waals surface area (Å²) in [6.07, 6.45) is 2.82. The van der Waals surface area contributed by atoms with E-state index in [1.165, 1.54) is 0 Å². The highest BCUT2D eigenvalue weighted by Gasteiger charge is 2.00. The number of nitrogens with zero attached hydrogens (tertiary/aromatic N) is 1. The van der Waals surface area contributed by atoms with Crippen LogP contribution in [-0.2, 0) is 4.74 Å². The molecule has 0 atom stereocenters. The number of nitrogens with two attached hydrogens (primary N) is 1. The molecule has 96 valence electrons. The predicted octanol–water partition coefficient (Wildman–Crippen LogP) is 2.90. The normalized spacial score (nSPS) is 10.8. The number of anilines is 2. The molecule has 1 aromatic heterocycles. The van der Waals surface area contributed by atoms with Crippen molar-refractivity contribution < 1.29 is 4.74 Å². The summed E-state index contributed by atoms with van der Waals surface area (Å²) in [5.74, 6) is 1.40. The van der Waals surface area contributed by atoms with E-state index in [1.807, 2.05) is 6.07 Å². The maximum atomic E-state index is 5.81. The van der Waals surface area contributed by atoms with Crippen molar-refractivity contribution in [1.29, 1.82) is 0 Å². The molecular weight excluding hydrogens is 282 g/mol. The number of pyridine rings is 1. The second-order valence-corrected chi connectivity index (χ2v) is 5.23. The van der Waals surface area contributed by atoms with Crippen molar-refractivity contribution in [2.24, 2.45) is 5.92 Å². The van der Waals surface area contributed by atoms with Gasteiger partial charge in [0.25, 0.3) is 0 Å². The quantitative estimate of drug-likeness (QED) is 0.760. The molecule has 0 bridgehead atoms. The summed E-state index contributed by atoms with van der Waals surface area (Å²) in [7, 11) is 0. The highest BCUT2D eigenvalue weighted by molar-refractivity contribution is 9.10. The molecule has 0 spiro atoms. The van der Waals surface area contributed by atoms with Crippen molar-refractivity contribution in [3.05, 3.63) is 16.7 Å². The molecule has 17 heavy (non-hydrogen) atoms. The first-order valence-electron chi connectivity index (χ1n) is 5.82. The average molecular weight is 302 g/mol. The third-order valence-electron chi connectivity index (χ3n) is 2.26. The summed E-state index contributed by atoms with van der Waals surface area (Å²) >= 11 is 3.32. The van der Waals surface area contributed by atoms with Gasteiger partial charge in [-0.15, -0.1) is 0 Å². The average Bonchev–Trinajstić information content (AvgIpc) is 2.25. The molecule has 4 nitrogen and oxygen atoms in total. The summed E-state index contributed by atoms with van der Waals surface area (Å²) in [4.78, 5) is 4.19. The van der Waals surface area contributed by atoms with Gasteiger partial charge in [0.05, 0.1) is 12.3 Å². The van der Waals surface area contributed by atoms with Crippen LogP contribution in [0.1, 0.15) is 20.3 Å². The van der Waals surface area contributed by atoms with Crippen molar-refractivity contribution in [3.63, 3.8) is 0 Å². The minimum atomic E-state index is 0.640. The van der Waals surface area contributed by atoms with Crippen LogP contribution in [0.5, 0.6) is 0 Å². The number of hydrogen-bond donors (Lipinski definition) is 2. The third-order valence-corrected chi connectivity index (χ3v) is 2.70. The third kappa shape index (κ3) is 5.89. The maximum absolute atomic E-state index is 5.81. The fourth-order valence-corrected chi connectivity index (χ4v) is 1.61. The summed E-state index contributed by atoms with van der Waals surface area (Å²) in [5.41, 5.74) is 6.45. The number of nitrogens with one attached hydrogen (secondary N) is 1. The van der Waals surface area contributed by atoms with E-state index >= 15 is 0 Å². The van der Waals surface area contributed by atoms with Crippen molar-refractivity contribution in [2.45, 2.75) is 20.3 Å². The van der Waals surface area contributed by atoms with Gasteiger partial charge in [0, 0.05) is 23.8 Å². The molecule has 0 aromatic carbocycles. The lowest BCUT2D eigenvalue weighted by Crippen LogP contribution is -2.12. The van der Waals surface area contributed by atoms with E-state index in [-0.39, 0.29) is 0 Å². The number of nitrogen functional groups attached to an aromatic ring is 1. The topological polar surface area (TPSA) is 60.2 Å². The van der Waals surface area contributed by atoms with Crippen molar-refractivity contribution in [3.8, 4) is 0 Å². The van der Waals surface area contributed by atoms with Gasteiger partial charge in [0.2, 0.25) is 0 Å². The van der Waals surface area contributed by atoms with E-state index in [1.54, 1.807) is 6.20 Å². The molecule has 0 amide bonds. The first kappa shape index (κ1) is 14.3. The van der Waals surface area contributed by atoms with Crippen LogP contribution in [0.2, 0.25) is 0 Å². The Kier molecular flexibility index (Phi) is 6.29. The minimum Gasteiger partial charge on any atom is -0.396 e. The number of ether oxygens (including phenoxy) is 1. The zero-order valence-electron chi connectivity index (χ0n) is 10.4. The summed E-state index contributed by atoms with van der Waals surface area (Å²) in [6.45, 7) is 6.57. The largest absolute Gasteiger partial charge is 0.396 e. The molecule has 0 fully saturated rings. The van der Waals surface area contributed by atoms with Gasteiger partial charge >= 0.3 is 0 Å².